The first-order chi connectivity index (χ1) is 7.24. The molecule has 0 N–H and O–H groups in total. The summed E-state index contributed by atoms with van der Waals surface area (Å²) in [5, 5.41) is 0. The second-order valence-electron chi connectivity index (χ2n) is 3.60. The summed E-state index contributed by atoms with van der Waals surface area (Å²) in [5.74, 6) is 6.33. The summed E-state index contributed by atoms with van der Waals surface area (Å²) < 4.78 is 0. The molecule has 0 fully saturated rings. The highest BCUT2D eigenvalue weighted by molar-refractivity contribution is 5.40. The van der Waals surface area contributed by atoms with Crippen LogP contribution in [0.5, 0.6) is 0 Å². The van der Waals surface area contributed by atoms with Crippen LogP contribution in [0.15, 0.2) is 36.9 Å². The van der Waals surface area contributed by atoms with Gasteiger partial charge in [-0.2, -0.15) is 0 Å². The van der Waals surface area contributed by atoms with Crippen LogP contribution < -0.4 is 0 Å². The van der Waals surface area contributed by atoms with Gasteiger partial charge in [0, 0.05) is 12.1 Å². The number of hydrogen-bond donors (Lipinski definition) is 0. The van der Waals surface area contributed by atoms with E-state index in [0.717, 1.165) is 18.7 Å². The zero-order chi connectivity index (χ0) is 11.1. The third-order valence-electron chi connectivity index (χ3n) is 2.16. The highest BCUT2D eigenvalue weighted by Gasteiger charge is 1.91. The molecule has 0 radical (unpaired) electrons. The molecule has 1 rings (SSSR count). The Morgan fingerprint density at radius 1 is 1.40 bits per heavy atom. The maximum absolute atomic E-state index is 3.69. The summed E-state index contributed by atoms with van der Waals surface area (Å²) in [4.78, 5) is 2.12. The summed E-state index contributed by atoms with van der Waals surface area (Å²) in [7, 11) is 2.04. The average Bonchev–Trinajstić information content (AvgIpc) is 2.21. The van der Waals surface area contributed by atoms with Crippen LogP contribution >= 0.6 is 0 Å². The Labute approximate surface area is 92.4 Å². The van der Waals surface area contributed by atoms with E-state index in [-0.39, 0.29) is 0 Å². The molecular weight excluding hydrogens is 182 g/mol. The first-order valence-corrected chi connectivity index (χ1v) is 5.08. The molecule has 0 bridgehead atoms. The van der Waals surface area contributed by atoms with Crippen molar-refractivity contribution < 1.29 is 0 Å². The molecule has 0 unspecified atom stereocenters. The van der Waals surface area contributed by atoms with Gasteiger partial charge in [0.25, 0.3) is 0 Å². The second-order valence-corrected chi connectivity index (χ2v) is 3.60. The van der Waals surface area contributed by atoms with E-state index in [1.807, 2.05) is 25.3 Å². The lowest BCUT2D eigenvalue weighted by Crippen LogP contribution is -2.18. The second kappa shape index (κ2) is 6.06. The Balaban J connectivity index is 2.58. The molecule has 0 spiro atoms. The third kappa shape index (κ3) is 4.01. The van der Waals surface area contributed by atoms with E-state index in [4.69, 9.17) is 0 Å². The van der Waals surface area contributed by atoms with Crippen molar-refractivity contribution >= 4 is 0 Å². The van der Waals surface area contributed by atoms with E-state index >= 15 is 0 Å². The third-order valence-corrected chi connectivity index (χ3v) is 2.16. The minimum absolute atomic E-state index is 0.778. The predicted octanol–water partition coefficient (Wildman–Crippen LogP) is 2.46. The molecule has 1 aromatic rings. The number of rotatable bonds is 3. The molecule has 15 heavy (non-hydrogen) atoms. The van der Waals surface area contributed by atoms with E-state index < -0.39 is 0 Å². The maximum Gasteiger partial charge on any atom is 0.0605 e. The van der Waals surface area contributed by atoms with Crippen LogP contribution in [-0.2, 0) is 0 Å². The topological polar surface area (TPSA) is 3.24 Å². The number of nitrogens with zero attached hydrogens (tertiary/aromatic N) is 1. The monoisotopic (exact) mass is 199 g/mol. The maximum atomic E-state index is 3.69. The number of likely N-dealkylation sites (N-methyl/N-ethyl adjacent to an activating group) is 1. The van der Waals surface area contributed by atoms with Gasteiger partial charge in [0.2, 0.25) is 0 Å². The van der Waals surface area contributed by atoms with Gasteiger partial charge < -0.3 is 0 Å². The number of hydrogen-bond acceptors (Lipinski definition) is 1. The molecule has 0 aliphatic rings. The Morgan fingerprint density at radius 3 is 2.80 bits per heavy atom. The fraction of sp³-hybridized carbons (Fsp3) is 0.286. The molecule has 0 aromatic heterocycles. The highest BCUT2D eigenvalue weighted by Crippen LogP contribution is 2.04. The van der Waals surface area contributed by atoms with Crippen LogP contribution in [0.4, 0.5) is 0 Å². The van der Waals surface area contributed by atoms with Crippen molar-refractivity contribution in [2.24, 2.45) is 0 Å². The number of benzene rings is 1. The molecule has 0 saturated heterocycles. The zero-order valence-electron chi connectivity index (χ0n) is 9.46. The van der Waals surface area contributed by atoms with Gasteiger partial charge in [0.1, 0.15) is 0 Å². The first kappa shape index (κ1) is 11.6. The molecule has 1 heteroatoms. The van der Waals surface area contributed by atoms with Gasteiger partial charge in [0.15, 0.2) is 0 Å². The van der Waals surface area contributed by atoms with E-state index in [1.165, 1.54) is 5.56 Å². The van der Waals surface area contributed by atoms with Gasteiger partial charge in [-0.05, 0) is 25.6 Å². The molecule has 0 amide bonds. The zero-order valence-corrected chi connectivity index (χ0v) is 9.46. The van der Waals surface area contributed by atoms with E-state index in [2.05, 4.69) is 42.4 Å². The van der Waals surface area contributed by atoms with Gasteiger partial charge in [-0.3, -0.25) is 4.90 Å². The molecule has 0 saturated carbocycles. The Bertz CT molecular complexity index is 382. The van der Waals surface area contributed by atoms with Gasteiger partial charge in [-0.25, -0.2) is 0 Å². The highest BCUT2D eigenvalue weighted by atomic mass is 15.1. The van der Waals surface area contributed by atoms with E-state index in [1.54, 1.807) is 0 Å². The molecule has 0 aliphatic heterocycles. The van der Waals surface area contributed by atoms with Crippen molar-refractivity contribution in [2.75, 3.05) is 20.1 Å². The van der Waals surface area contributed by atoms with Gasteiger partial charge in [-0.15, -0.1) is 6.58 Å². The summed E-state index contributed by atoms with van der Waals surface area (Å²) in [6.45, 7) is 7.43. The Morgan fingerprint density at radius 2 is 2.13 bits per heavy atom. The lowest BCUT2D eigenvalue weighted by atomic mass is 10.1. The van der Waals surface area contributed by atoms with Crippen LogP contribution in [0.2, 0.25) is 0 Å². The first-order valence-electron chi connectivity index (χ1n) is 5.08. The summed E-state index contributed by atoms with van der Waals surface area (Å²) in [6, 6.07) is 8.18. The van der Waals surface area contributed by atoms with Gasteiger partial charge in [0.05, 0.1) is 6.54 Å². The molecule has 0 atom stereocenters. The minimum atomic E-state index is 0.778. The van der Waals surface area contributed by atoms with Crippen molar-refractivity contribution in [1.29, 1.82) is 0 Å². The Hall–Kier alpha value is -1.52. The van der Waals surface area contributed by atoms with E-state index in [0.29, 0.717) is 0 Å². The number of aryl methyl sites for hydroxylation is 1. The van der Waals surface area contributed by atoms with Crippen LogP contribution in [0.3, 0.4) is 0 Å². The quantitative estimate of drug-likeness (QED) is 0.534. The predicted molar refractivity (Wildman–Crippen MR) is 65.8 cm³/mol. The summed E-state index contributed by atoms with van der Waals surface area (Å²) >= 11 is 0. The molecular formula is C14H17N. The van der Waals surface area contributed by atoms with Crippen LogP contribution in [0.1, 0.15) is 11.1 Å². The molecule has 1 nitrogen and oxygen atoms in total. The van der Waals surface area contributed by atoms with Crippen molar-refractivity contribution in [3.63, 3.8) is 0 Å². The molecule has 0 aliphatic carbocycles. The lowest BCUT2D eigenvalue weighted by molar-refractivity contribution is 0.419. The molecule has 78 valence electrons. The summed E-state index contributed by atoms with van der Waals surface area (Å²) in [6.07, 6.45) is 1.88. The van der Waals surface area contributed by atoms with Crippen LogP contribution in [-0.4, -0.2) is 25.0 Å². The van der Waals surface area contributed by atoms with Crippen LogP contribution in [0.25, 0.3) is 0 Å². The standard InChI is InChI=1S/C14H17N/c1-4-11-15(3)12-7-10-14-9-6-5-8-13(14)2/h4-6,8-9H,1,11-12H2,2-3H3. The molecule has 0 heterocycles. The minimum Gasteiger partial charge on any atom is -0.292 e. The van der Waals surface area contributed by atoms with Crippen molar-refractivity contribution in [2.45, 2.75) is 6.92 Å². The largest absolute Gasteiger partial charge is 0.292 e. The van der Waals surface area contributed by atoms with Gasteiger partial charge in [-0.1, -0.05) is 36.1 Å². The van der Waals surface area contributed by atoms with Crippen molar-refractivity contribution in [1.82, 2.24) is 4.90 Å². The Kier molecular flexibility index (Phi) is 4.66. The average molecular weight is 199 g/mol. The van der Waals surface area contributed by atoms with Crippen molar-refractivity contribution in [3.05, 3.63) is 48.0 Å². The normalized spacial score (nSPS) is 9.53. The molecule has 1 aromatic carbocycles. The fourth-order valence-electron chi connectivity index (χ4n) is 1.27. The summed E-state index contributed by atoms with van der Waals surface area (Å²) in [5.41, 5.74) is 2.35. The lowest BCUT2D eigenvalue weighted by Gasteiger charge is -2.08. The van der Waals surface area contributed by atoms with Gasteiger partial charge >= 0.3 is 0 Å². The SMILES string of the molecule is C=CCN(C)CC#Cc1ccccc1C. The fourth-order valence-corrected chi connectivity index (χ4v) is 1.27. The van der Waals surface area contributed by atoms with E-state index in [9.17, 15) is 0 Å². The van der Waals surface area contributed by atoms with Crippen molar-refractivity contribution in [3.8, 4) is 11.8 Å². The van der Waals surface area contributed by atoms with Crippen LogP contribution in [0, 0.1) is 18.8 Å². The smallest absolute Gasteiger partial charge is 0.0605 e.